The first-order valence-electron chi connectivity index (χ1n) is 7.63. The Morgan fingerprint density at radius 1 is 1.24 bits per heavy atom. The van der Waals surface area contributed by atoms with Gasteiger partial charge in [0.2, 0.25) is 10.0 Å². The van der Waals surface area contributed by atoms with E-state index in [1.54, 1.807) is 12.1 Å². The molecule has 2 rings (SSSR count). The van der Waals surface area contributed by atoms with Gasteiger partial charge in [-0.2, -0.15) is 0 Å². The van der Waals surface area contributed by atoms with Gasteiger partial charge in [-0.25, -0.2) is 13.1 Å². The van der Waals surface area contributed by atoms with E-state index in [1.165, 1.54) is 6.42 Å². The SMILES string of the molecule is CC(C)(C)c1ccc(S(=O)(=O)NCCC2CCCN2)cc1. The molecular formula is C16H26N2O2S. The van der Waals surface area contributed by atoms with Crippen LogP contribution in [0.2, 0.25) is 0 Å². The normalized spacial score (nSPS) is 19.9. The fourth-order valence-electron chi connectivity index (χ4n) is 2.59. The summed E-state index contributed by atoms with van der Waals surface area (Å²) in [5.41, 5.74) is 1.17. The molecule has 1 fully saturated rings. The topological polar surface area (TPSA) is 58.2 Å². The van der Waals surface area contributed by atoms with Crippen molar-refractivity contribution in [2.75, 3.05) is 13.1 Å². The lowest BCUT2D eigenvalue weighted by Crippen LogP contribution is -2.30. The number of benzene rings is 1. The molecule has 1 aliphatic rings. The fraction of sp³-hybridized carbons (Fsp3) is 0.625. The molecule has 4 nitrogen and oxygen atoms in total. The van der Waals surface area contributed by atoms with Crippen LogP contribution in [0, 0.1) is 0 Å². The van der Waals surface area contributed by atoms with Gasteiger partial charge in [0, 0.05) is 12.6 Å². The van der Waals surface area contributed by atoms with Crippen LogP contribution in [0.3, 0.4) is 0 Å². The Balaban J connectivity index is 1.95. The maximum Gasteiger partial charge on any atom is 0.240 e. The molecule has 1 atom stereocenters. The van der Waals surface area contributed by atoms with E-state index in [1.807, 2.05) is 12.1 Å². The van der Waals surface area contributed by atoms with Crippen molar-refractivity contribution in [1.29, 1.82) is 0 Å². The summed E-state index contributed by atoms with van der Waals surface area (Å²) in [5.74, 6) is 0. The zero-order valence-corrected chi connectivity index (χ0v) is 14.0. The molecule has 5 heteroatoms. The van der Waals surface area contributed by atoms with Gasteiger partial charge < -0.3 is 5.32 Å². The van der Waals surface area contributed by atoms with Crippen LogP contribution in [0.25, 0.3) is 0 Å². The molecule has 1 saturated heterocycles. The largest absolute Gasteiger partial charge is 0.314 e. The molecule has 0 radical (unpaired) electrons. The molecular weight excluding hydrogens is 284 g/mol. The highest BCUT2D eigenvalue weighted by Crippen LogP contribution is 2.23. The summed E-state index contributed by atoms with van der Waals surface area (Å²) < 4.78 is 27.2. The first-order chi connectivity index (χ1) is 9.79. The summed E-state index contributed by atoms with van der Waals surface area (Å²) in [6.07, 6.45) is 3.17. The van der Waals surface area contributed by atoms with Crippen LogP contribution in [0.5, 0.6) is 0 Å². The molecule has 1 aromatic carbocycles. The van der Waals surface area contributed by atoms with E-state index in [0.717, 1.165) is 24.9 Å². The third-order valence-electron chi connectivity index (χ3n) is 3.98. The second-order valence-electron chi connectivity index (χ2n) is 6.75. The van der Waals surface area contributed by atoms with E-state index in [-0.39, 0.29) is 5.41 Å². The monoisotopic (exact) mass is 310 g/mol. The molecule has 0 aromatic heterocycles. The summed E-state index contributed by atoms with van der Waals surface area (Å²) in [4.78, 5) is 0.342. The smallest absolute Gasteiger partial charge is 0.240 e. The minimum atomic E-state index is -3.39. The van der Waals surface area contributed by atoms with Crippen molar-refractivity contribution in [3.05, 3.63) is 29.8 Å². The molecule has 0 bridgehead atoms. The van der Waals surface area contributed by atoms with Crippen LogP contribution in [-0.4, -0.2) is 27.5 Å². The van der Waals surface area contributed by atoms with Gasteiger partial charge >= 0.3 is 0 Å². The first kappa shape index (κ1) is 16.5. The number of hydrogen-bond donors (Lipinski definition) is 2. The predicted molar refractivity (Wildman–Crippen MR) is 86.0 cm³/mol. The molecule has 1 heterocycles. The quantitative estimate of drug-likeness (QED) is 0.878. The van der Waals surface area contributed by atoms with Crippen molar-refractivity contribution in [3.8, 4) is 0 Å². The lowest BCUT2D eigenvalue weighted by Gasteiger charge is -2.19. The Morgan fingerprint density at radius 2 is 1.90 bits per heavy atom. The number of nitrogens with one attached hydrogen (secondary N) is 2. The van der Waals surface area contributed by atoms with Crippen molar-refractivity contribution in [2.45, 2.75) is 56.4 Å². The molecule has 0 amide bonds. The Labute approximate surface area is 128 Å². The van der Waals surface area contributed by atoms with Gasteiger partial charge in [-0.3, -0.25) is 0 Å². The molecule has 0 saturated carbocycles. The molecule has 118 valence electrons. The second kappa shape index (κ2) is 6.46. The van der Waals surface area contributed by atoms with Gasteiger partial charge in [-0.15, -0.1) is 0 Å². The maximum atomic E-state index is 12.2. The lowest BCUT2D eigenvalue weighted by atomic mass is 9.87. The van der Waals surface area contributed by atoms with Crippen LogP contribution in [0.1, 0.15) is 45.6 Å². The second-order valence-corrected chi connectivity index (χ2v) is 8.52. The Kier molecular flexibility index (Phi) is 5.07. The highest BCUT2D eigenvalue weighted by Gasteiger charge is 2.18. The van der Waals surface area contributed by atoms with Crippen LogP contribution in [0.4, 0.5) is 0 Å². The minimum Gasteiger partial charge on any atom is -0.314 e. The predicted octanol–water partition coefficient (Wildman–Crippen LogP) is 2.40. The summed E-state index contributed by atoms with van der Waals surface area (Å²) in [6, 6.07) is 7.63. The number of rotatable bonds is 5. The van der Waals surface area contributed by atoms with Gasteiger partial charge in [0.1, 0.15) is 0 Å². The van der Waals surface area contributed by atoms with E-state index in [4.69, 9.17) is 0 Å². The summed E-state index contributed by atoms with van der Waals surface area (Å²) >= 11 is 0. The molecule has 0 aliphatic carbocycles. The van der Waals surface area contributed by atoms with Crippen LogP contribution < -0.4 is 10.0 Å². The number of sulfonamides is 1. The van der Waals surface area contributed by atoms with Crippen LogP contribution in [-0.2, 0) is 15.4 Å². The third kappa shape index (κ3) is 4.53. The van der Waals surface area contributed by atoms with E-state index in [2.05, 4.69) is 30.8 Å². The van der Waals surface area contributed by atoms with E-state index in [0.29, 0.717) is 17.5 Å². The van der Waals surface area contributed by atoms with Gasteiger partial charge in [-0.1, -0.05) is 32.9 Å². The van der Waals surface area contributed by atoms with Gasteiger partial charge in [-0.05, 0) is 48.9 Å². The minimum absolute atomic E-state index is 0.0316. The van der Waals surface area contributed by atoms with Crippen molar-refractivity contribution in [1.82, 2.24) is 10.0 Å². The highest BCUT2D eigenvalue weighted by molar-refractivity contribution is 7.89. The fourth-order valence-corrected chi connectivity index (χ4v) is 3.64. The van der Waals surface area contributed by atoms with Crippen LogP contribution in [0.15, 0.2) is 29.2 Å². The number of hydrogen-bond acceptors (Lipinski definition) is 3. The first-order valence-corrected chi connectivity index (χ1v) is 9.11. The van der Waals surface area contributed by atoms with Crippen LogP contribution >= 0.6 is 0 Å². The molecule has 21 heavy (non-hydrogen) atoms. The molecule has 2 N–H and O–H groups in total. The Hall–Kier alpha value is -0.910. The summed E-state index contributed by atoms with van der Waals surface area (Å²) in [6.45, 7) is 7.88. The molecule has 0 spiro atoms. The molecule has 1 unspecified atom stereocenters. The van der Waals surface area contributed by atoms with Crippen molar-refractivity contribution >= 4 is 10.0 Å². The van der Waals surface area contributed by atoms with E-state index in [9.17, 15) is 8.42 Å². The maximum absolute atomic E-state index is 12.2. The van der Waals surface area contributed by atoms with Crippen molar-refractivity contribution in [3.63, 3.8) is 0 Å². The Morgan fingerprint density at radius 3 is 2.43 bits per heavy atom. The average Bonchev–Trinajstić information content (AvgIpc) is 2.91. The van der Waals surface area contributed by atoms with Gasteiger partial charge in [0.15, 0.2) is 0 Å². The Bertz CT molecular complexity index is 553. The lowest BCUT2D eigenvalue weighted by molar-refractivity contribution is 0.539. The van der Waals surface area contributed by atoms with Crippen molar-refractivity contribution < 1.29 is 8.42 Å². The zero-order valence-electron chi connectivity index (χ0n) is 13.1. The third-order valence-corrected chi connectivity index (χ3v) is 5.45. The average molecular weight is 310 g/mol. The van der Waals surface area contributed by atoms with E-state index >= 15 is 0 Å². The summed E-state index contributed by atoms with van der Waals surface area (Å²) in [5, 5.41) is 3.37. The van der Waals surface area contributed by atoms with Crippen molar-refractivity contribution in [2.24, 2.45) is 0 Å². The van der Waals surface area contributed by atoms with Gasteiger partial charge in [0.05, 0.1) is 4.90 Å². The molecule has 1 aliphatic heterocycles. The molecule has 1 aromatic rings. The standard InChI is InChI=1S/C16H26N2O2S/c1-16(2,3)13-6-8-15(9-7-13)21(19,20)18-12-10-14-5-4-11-17-14/h6-9,14,17-18H,4-5,10-12H2,1-3H3. The highest BCUT2D eigenvalue weighted by atomic mass is 32.2. The summed E-state index contributed by atoms with van der Waals surface area (Å²) in [7, 11) is -3.39. The zero-order chi connectivity index (χ0) is 15.5. The van der Waals surface area contributed by atoms with Gasteiger partial charge in [0.25, 0.3) is 0 Å². The van der Waals surface area contributed by atoms with E-state index < -0.39 is 10.0 Å².